The van der Waals surface area contributed by atoms with Gasteiger partial charge >= 0.3 is 0 Å². The number of methoxy groups -OCH3 is 1. The molecule has 1 saturated heterocycles. The largest absolute Gasteiger partial charge is 0.497 e. The van der Waals surface area contributed by atoms with E-state index in [0.29, 0.717) is 18.0 Å². The third kappa shape index (κ3) is 4.03. The molecular formula is C26H28ClN3O2. The van der Waals surface area contributed by atoms with Crippen LogP contribution in [-0.2, 0) is 6.54 Å². The number of halogens is 1. The van der Waals surface area contributed by atoms with Crippen molar-refractivity contribution in [3.8, 4) is 5.75 Å². The Morgan fingerprint density at radius 3 is 2.50 bits per heavy atom. The zero-order valence-corrected chi connectivity index (χ0v) is 19.1. The van der Waals surface area contributed by atoms with Crippen LogP contribution in [0, 0.1) is 0 Å². The predicted octanol–water partition coefficient (Wildman–Crippen LogP) is 5.19. The summed E-state index contributed by atoms with van der Waals surface area (Å²) in [5.41, 5.74) is 4.10. The molecule has 0 bridgehead atoms. The maximum absolute atomic E-state index is 13.2. The van der Waals surface area contributed by atoms with Crippen molar-refractivity contribution in [1.82, 2.24) is 13.9 Å². The van der Waals surface area contributed by atoms with E-state index < -0.39 is 0 Å². The van der Waals surface area contributed by atoms with Crippen molar-refractivity contribution < 1.29 is 4.74 Å². The second-order valence-electron chi connectivity index (χ2n) is 8.60. The number of aromatic nitrogens is 2. The molecule has 1 aliphatic rings. The summed E-state index contributed by atoms with van der Waals surface area (Å²) in [6, 6.07) is 18.0. The van der Waals surface area contributed by atoms with Crippen LogP contribution in [0.25, 0.3) is 16.6 Å². The minimum atomic E-state index is 0.0640. The highest BCUT2D eigenvalue weighted by Crippen LogP contribution is 2.29. The molecule has 5 rings (SSSR count). The molecule has 0 aliphatic carbocycles. The minimum Gasteiger partial charge on any atom is -0.497 e. The fraction of sp³-hybridized carbons (Fsp3) is 0.346. The van der Waals surface area contributed by atoms with Crippen LogP contribution in [0.4, 0.5) is 0 Å². The first-order chi connectivity index (χ1) is 15.6. The van der Waals surface area contributed by atoms with E-state index in [1.54, 1.807) is 7.11 Å². The van der Waals surface area contributed by atoms with Crippen molar-refractivity contribution >= 4 is 28.2 Å². The van der Waals surface area contributed by atoms with Gasteiger partial charge in [0.05, 0.1) is 18.1 Å². The highest BCUT2D eigenvalue weighted by atomic mass is 35.5. The number of aryl methyl sites for hydroxylation is 1. The Labute approximate surface area is 192 Å². The molecule has 5 nitrogen and oxygen atoms in total. The number of benzene rings is 2. The van der Waals surface area contributed by atoms with Crippen molar-refractivity contribution in [2.75, 3.05) is 26.7 Å². The lowest BCUT2D eigenvalue weighted by molar-refractivity contribution is 0.207. The fourth-order valence-corrected chi connectivity index (χ4v) is 5.09. The molecule has 3 heterocycles. The molecule has 1 fully saturated rings. The number of ether oxygens (including phenoxy) is 1. The van der Waals surface area contributed by atoms with Crippen LogP contribution >= 0.6 is 11.6 Å². The Kier molecular flexibility index (Phi) is 5.94. The number of hydrogen-bond donors (Lipinski definition) is 0. The minimum absolute atomic E-state index is 0.0640. The van der Waals surface area contributed by atoms with Gasteiger partial charge in [-0.25, -0.2) is 0 Å². The van der Waals surface area contributed by atoms with Crippen LogP contribution in [0.15, 0.2) is 65.6 Å². The van der Waals surface area contributed by atoms with Crippen molar-refractivity contribution in [3.05, 3.63) is 81.7 Å². The van der Waals surface area contributed by atoms with Gasteiger partial charge < -0.3 is 18.6 Å². The van der Waals surface area contributed by atoms with Gasteiger partial charge in [-0.3, -0.25) is 4.79 Å². The van der Waals surface area contributed by atoms with Crippen LogP contribution in [0.2, 0.25) is 5.02 Å². The molecule has 166 valence electrons. The molecule has 6 heteroatoms. The van der Waals surface area contributed by atoms with Crippen molar-refractivity contribution in [2.24, 2.45) is 0 Å². The maximum atomic E-state index is 13.2. The third-order valence-electron chi connectivity index (χ3n) is 6.73. The van der Waals surface area contributed by atoms with Crippen LogP contribution in [0.5, 0.6) is 5.75 Å². The molecule has 1 aliphatic heterocycles. The monoisotopic (exact) mass is 449 g/mol. The molecule has 0 N–H and O–H groups in total. The van der Waals surface area contributed by atoms with E-state index in [0.717, 1.165) is 47.9 Å². The average Bonchev–Trinajstić information content (AvgIpc) is 3.32. The van der Waals surface area contributed by atoms with Gasteiger partial charge in [-0.05, 0) is 86.8 Å². The molecule has 0 radical (unpaired) electrons. The Morgan fingerprint density at radius 2 is 1.75 bits per heavy atom. The summed E-state index contributed by atoms with van der Waals surface area (Å²) in [7, 11) is 1.67. The predicted molar refractivity (Wildman–Crippen MR) is 130 cm³/mol. The van der Waals surface area contributed by atoms with Crippen molar-refractivity contribution in [3.63, 3.8) is 0 Å². The Bertz CT molecular complexity index is 1280. The van der Waals surface area contributed by atoms with Gasteiger partial charge in [0.1, 0.15) is 11.3 Å². The van der Waals surface area contributed by atoms with Crippen LogP contribution in [-0.4, -0.2) is 40.6 Å². The van der Waals surface area contributed by atoms with Gasteiger partial charge in [0.25, 0.3) is 5.56 Å². The van der Waals surface area contributed by atoms with E-state index in [-0.39, 0.29) is 5.56 Å². The molecular weight excluding hydrogens is 422 g/mol. The number of rotatable bonds is 6. The maximum Gasteiger partial charge on any atom is 0.275 e. The van der Waals surface area contributed by atoms with Gasteiger partial charge in [-0.15, -0.1) is 0 Å². The quantitative estimate of drug-likeness (QED) is 0.407. The molecule has 0 spiro atoms. The number of hydrogen-bond acceptors (Lipinski definition) is 3. The number of nitrogens with zero attached hydrogens (tertiary/aromatic N) is 3. The van der Waals surface area contributed by atoms with Crippen LogP contribution in [0.3, 0.4) is 0 Å². The Morgan fingerprint density at radius 1 is 0.969 bits per heavy atom. The van der Waals surface area contributed by atoms with E-state index in [4.69, 9.17) is 16.3 Å². The van der Waals surface area contributed by atoms with Gasteiger partial charge in [0.2, 0.25) is 0 Å². The highest BCUT2D eigenvalue weighted by molar-refractivity contribution is 6.30. The number of likely N-dealkylation sites (tertiary alicyclic amines) is 1. The van der Waals surface area contributed by atoms with E-state index in [9.17, 15) is 4.79 Å². The first kappa shape index (κ1) is 21.1. The van der Waals surface area contributed by atoms with Gasteiger partial charge in [-0.2, -0.15) is 0 Å². The summed E-state index contributed by atoms with van der Waals surface area (Å²) in [4.78, 5) is 15.7. The second kappa shape index (κ2) is 9.00. The lowest BCUT2D eigenvalue weighted by Crippen LogP contribution is -2.34. The zero-order valence-electron chi connectivity index (χ0n) is 18.3. The van der Waals surface area contributed by atoms with Crippen molar-refractivity contribution in [2.45, 2.75) is 31.7 Å². The lowest BCUT2D eigenvalue weighted by Gasteiger charge is -2.32. The molecule has 2 aromatic carbocycles. The molecule has 0 saturated carbocycles. The molecule has 0 unspecified atom stereocenters. The summed E-state index contributed by atoms with van der Waals surface area (Å²) >= 11 is 6.03. The normalized spacial score (nSPS) is 15.6. The van der Waals surface area contributed by atoms with Gasteiger partial charge in [0.15, 0.2) is 0 Å². The number of piperidine rings is 1. The summed E-state index contributed by atoms with van der Waals surface area (Å²) in [6.07, 6.45) is 5.22. The first-order valence-corrected chi connectivity index (χ1v) is 11.7. The van der Waals surface area contributed by atoms with E-state index in [1.807, 2.05) is 57.6 Å². The van der Waals surface area contributed by atoms with Gasteiger partial charge in [-0.1, -0.05) is 23.7 Å². The first-order valence-electron chi connectivity index (χ1n) is 11.3. The van der Waals surface area contributed by atoms with E-state index >= 15 is 0 Å². The zero-order chi connectivity index (χ0) is 22.1. The molecule has 0 atom stereocenters. The molecule has 32 heavy (non-hydrogen) atoms. The van der Waals surface area contributed by atoms with E-state index in [2.05, 4.69) is 17.0 Å². The van der Waals surface area contributed by atoms with E-state index in [1.165, 1.54) is 18.4 Å². The van der Waals surface area contributed by atoms with Crippen molar-refractivity contribution in [1.29, 1.82) is 0 Å². The summed E-state index contributed by atoms with van der Waals surface area (Å²) in [6.45, 7) is 3.90. The summed E-state index contributed by atoms with van der Waals surface area (Å²) in [5.74, 6) is 1.41. The van der Waals surface area contributed by atoms with Crippen LogP contribution < -0.4 is 10.3 Å². The third-order valence-corrected chi connectivity index (χ3v) is 6.98. The lowest BCUT2D eigenvalue weighted by atomic mass is 9.89. The van der Waals surface area contributed by atoms with Crippen LogP contribution in [0.1, 0.15) is 30.7 Å². The molecule has 2 aromatic heterocycles. The molecule has 0 amide bonds. The Hall–Kier alpha value is -2.76. The summed E-state index contributed by atoms with van der Waals surface area (Å²) < 4.78 is 9.29. The molecule has 4 aromatic rings. The average molecular weight is 450 g/mol. The summed E-state index contributed by atoms with van der Waals surface area (Å²) in [5, 5.41) is 0.797. The fourth-order valence-electron chi connectivity index (χ4n) is 4.96. The second-order valence-corrected chi connectivity index (χ2v) is 9.03. The smallest absolute Gasteiger partial charge is 0.275 e. The SMILES string of the molecule is COc1ccc2c(c1)n1cccc1c(=O)n2CCCN1CCC(c2ccc(Cl)cc2)CC1. The van der Waals surface area contributed by atoms with Gasteiger partial charge in [0, 0.05) is 23.8 Å². The standard InChI is InChI=1S/C26H28ClN3O2/c1-32-22-9-10-23-25(18-22)29-14-2-4-24(29)26(31)30(23)15-3-13-28-16-11-20(12-17-28)19-5-7-21(27)8-6-19/h2,4-10,14,18,20H,3,11-13,15-17H2,1H3. The number of fused-ring (bicyclic) bond motifs is 3. The highest BCUT2D eigenvalue weighted by Gasteiger charge is 2.20. The Balaban J connectivity index is 1.27. The topological polar surface area (TPSA) is 38.9 Å².